The van der Waals surface area contributed by atoms with Crippen molar-refractivity contribution in [3.63, 3.8) is 0 Å². The van der Waals surface area contributed by atoms with E-state index >= 15 is 0 Å². The van der Waals surface area contributed by atoms with Gasteiger partial charge >= 0.3 is 0 Å². The highest BCUT2D eigenvalue weighted by atomic mass is 15.1. The smallest absolute Gasteiger partial charge is 0.0619 e. The van der Waals surface area contributed by atoms with Crippen LogP contribution < -0.4 is 4.90 Å². The Bertz CT molecular complexity index is 3150. The van der Waals surface area contributed by atoms with Gasteiger partial charge in [0, 0.05) is 55.4 Å². The molecule has 0 aliphatic heterocycles. The molecule has 0 radical (unpaired) electrons. The summed E-state index contributed by atoms with van der Waals surface area (Å²) in [7, 11) is 0. The zero-order valence-electron chi connectivity index (χ0n) is 28.9. The standard InChI is InChI=1S/C50H33N3/c1-3-16-37(17-4-1)51(41-25-23-34-13-7-8-15-36(34)31-41)39-26-28-40(29-27-39)52-47-22-12-11-21-43(47)45-32-46-44-30-24-35-14-9-10-20-42(35)50(44)53(49(46)33-48(45)52)38-18-5-2-6-19-38/h1-33H. The van der Waals surface area contributed by atoms with Crippen LogP contribution in [0.5, 0.6) is 0 Å². The van der Waals surface area contributed by atoms with Crippen LogP contribution in [0.2, 0.25) is 0 Å². The van der Waals surface area contributed by atoms with Gasteiger partial charge in [-0.05, 0) is 95.0 Å². The average Bonchev–Trinajstić information content (AvgIpc) is 3.73. The molecular weight excluding hydrogens is 643 g/mol. The van der Waals surface area contributed by atoms with Crippen molar-refractivity contribution in [3.05, 3.63) is 200 Å². The summed E-state index contributed by atoms with van der Waals surface area (Å²) in [5.41, 5.74) is 10.5. The summed E-state index contributed by atoms with van der Waals surface area (Å²) in [5.74, 6) is 0. The van der Waals surface area contributed by atoms with Gasteiger partial charge in [-0.2, -0.15) is 0 Å². The monoisotopic (exact) mass is 675 g/mol. The Morgan fingerprint density at radius 2 is 0.849 bits per heavy atom. The first-order chi connectivity index (χ1) is 26.3. The molecule has 0 aliphatic carbocycles. The third-order valence-corrected chi connectivity index (χ3v) is 10.8. The van der Waals surface area contributed by atoms with Gasteiger partial charge in [0.2, 0.25) is 0 Å². The van der Waals surface area contributed by atoms with Gasteiger partial charge in [0.25, 0.3) is 0 Å². The van der Waals surface area contributed by atoms with Crippen LogP contribution in [0.25, 0.3) is 76.5 Å². The van der Waals surface area contributed by atoms with Crippen molar-refractivity contribution in [1.82, 2.24) is 9.13 Å². The van der Waals surface area contributed by atoms with E-state index < -0.39 is 0 Å². The first kappa shape index (κ1) is 29.6. The minimum atomic E-state index is 1.11. The highest BCUT2D eigenvalue weighted by molar-refractivity contribution is 6.23. The van der Waals surface area contributed by atoms with Gasteiger partial charge in [-0.3, -0.25) is 0 Å². The predicted molar refractivity (Wildman–Crippen MR) is 225 cm³/mol. The van der Waals surface area contributed by atoms with Crippen molar-refractivity contribution in [1.29, 1.82) is 0 Å². The van der Waals surface area contributed by atoms with E-state index in [1.807, 2.05) is 0 Å². The van der Waals surface area contributed by atoms with Gasteiger partial charge < -0.3 is 14.0 Å². The molecule has 2 aromatic heterocycles. The maximum Gasteiger partial charge on any atom is 0.0619 e. The molecule has 3 nitrogen and oxygen atoms in total. The predicted octanol–water partition coefficient (Wildman–Crippen LogP) is 13.7. The molecule has 0 saturated carbocycles. The summed E-state index contributed by atoms with van der Waals surface area (Å²) < 4.78 is 4.89. The number of fused-ring (bicyclic) bond motifs is 9. The Morgan fingerprint density at radius 1 is 0.283 bits per heavy atom. The SMILES string of the molecule is c1ccc(N(c2ccc(-n3c4ccccc4c4cc5c6ccc7ccccc7c6n(-c6ccccc6)c5cc43)cc2)c2ccc3ccccc3c2)cc1. The quantitative estimate of drug-likeness (QED) is 0.177. The average molecular weight is 676 g/mol. The Balaban J connectivity index is 1.14. The maximum absolute atomic E-state index is 2.46. The van der Waals surface area contributed by atoms with E-state index in [1.165, 1.54) is 65.2 Å². The highest BCUT2D eigenvalue weighted by Crippen LogP contribution is 2.42. The lowest BCUT2D eigenvalue weighted by molar-refractivity contribution is 1.16. The minimum absolute atomic E-state index is 1.11. The summed E-state index contributed by atoms with van der Waals surface area (Å²) in [4.78, 5) is 2.34. The second kappa shape index (κ2) is 11.7. The van der Waals surface area contributed by atoms with E-state index in [0.29, 0.717) is 0 Å². The number of benzene rings is 9. The van der Waals surface area contributed by atoms with Crippen LogP contribution in [0.15, 0.2) is 200 Å². The topological polar surface area (TPSA) is 13.1 Å². The minimum Gasteiger partial charge on any atom is -0.310 e. The molecule has 0 amide bonds. The molecule has 0 spiro atoms. The summed E-state index contributed by atoms with van der Waals surface area (Å²) in [6, 6.07) is 72.7. The Labute approximate surface area is 306 Å². The van der Waals surface area contributed by atoms with Crippen LogP contribution >= 0.6 is 0 Å². The molecule has 3 heteroatoms. The molecule has 0 atom stereocenters. The van der Waals surface area contributed by atoms with Crippen molar-refractivity contribution in [2.24, 2.45) is 0 Å². The first-order valence-corrected chi connectivity index (χ1v) is 18.2. The van der Waals surface area contributed by atoms with Crippen molar-refractivity contribution >= 4 is 82.2 Å². The number of nitrogens with zero attached hydrogens (tertiary/aromatic N) is 3. The third-order valence-electron chi connectivity index (χ3n) is 10.8. The van der Waals surface area contributed by atoms with E-state index in [-0.39, 0.29) is 0 Å². The molecule has 0 saturated heterocycles. The maximum atomic E-state index is 2.46. The molecule has 11 aromatic rings. The van der Waals surface area contributed by atoms with Crippen molar-refractivity contribution < 1.29 is 0 Å². The highest BCUT2D eigenvalue weighted by Gasteiger charge is 2.20. The van der Waals surface area contributed by atoms with Gasteiger partial charge in [0.15, 0.2) is 0 Å². The summed E-state index contributed by atoms with van der Waals surface area (Å²) >= 11 is 0. The fraction of sp³-hybridized carbons (Fsp3) is 0. The lowest BCUT2D eigenvalue weighted by Crippen LogP contribution is -2.10. The Morgan fingerprint density at radius 3 is 1.66 bits per heavy atom. The number of anilines is 3. The zero-order chi connectivity index (χ0) is 34.9. The van der Waals surface area contributed by atoms with Crippen molar-refractivity contribution in [2.45, 2.75) is 0 Å². The van der Waals surface area contributed by atoms with Crippen LogP contribution in [0, 0.1) is 0 Å². The molecular formula is C50H33N3. The summed E-state index contributed by atoms with van der Waals surface area (Å²) in [6.45, 7) is 0. The molecule has 248 valence electrons. The van der Waals surface area contributed by atoms with E-state index in [0.717, 1.165) is 28.4 Å². The van der Waals surface area contributed by atoms with Gasteiger partial charge in [-0.15, -0.1) is 0 Å². The van der Waals surface area contributed by atoms with Crippen LogP contribution in [0.4, 0.5) is 17.1 Å². The molecule has 11 rings (SSSR count). The first-order valence-electron chi connectivity index (χ1n) is 18.2. The fourth-order valence-corrected chi connectivity index (χ4v) is 8.45. The van der Waals surface area contributed by atoms with Gasteiger partial charge in [0.1, 0.15) is 0 Å². The summed E-state index contributed by atoms with van der Waals surface area (Å²) in [6.07, 6.45) is 0. The summed E-state index contributed by atoms with van der Waals surface area (Å²) in [5, 5.41) is 9.98. The van der Waals surface area contributed by atoms with Gasteiger partial charge in [0.05, 0.1) is 22.1 Å². The second-order valence-electron chi connectivity index (χ2n) is 13.8. The number of rotatable bonds is 5. The van der Waals surface area contributed by atoms with Crippen molar-refractivity contribution in [2.75, 3.05) is 4.90 Å². The number of hydrogen-bond acceptors (Lipinski definition) is 1. The van der Waals surface area contributed by atoms with Gasteiger partial charge in [-0.25, -0.2) is 0 Å². The zero-order valence-corrected chi connectivity index (χ0v) is 28.9. The molecule has 0 fully saturated rings. The van der Waals surface area contributed by atoms with Crippen molar-refractivity contribution in [3.8, 4) is 11.4 Å². The molecule has 0 unspecified atom stereocenters. The third kappa shape index (κ3) is 4.61. The lowest BCUT2D eigenvalue weighted by Gasteiger charge is -2.26. The van der Waals surface area contributed by atoms with E-state index in [1.54, 1.807) is 0 Å². The van der Waals surface area contributed by atoms with E-state index in [2.05, 4.69) is 214 Å². The van der Waals surface area contributed by atoms with Crippen LogP contribution in [0.1, 0.15) is 0 Å². The van der Waals surface area contributed by atoms with Crippen LogP contribution in [-0.2, 0) is 0 Å². The number of hydrogen-bond donors (Lipinski definition) is 0. The molecule has 0 aliphatic rings. The van der Waals surface area contributed by atoms with Crippen LogP contribution in [0.3, 0.4) is 0 Å². The molecule has 0 N–H and O–H groups in total. The Kier molecular flexibility index (Phi) is 6.55. The fourth-order valence-electron chi connectivity index (χ4n) is 8.45. The second-order valence-corrected chi connectivity index (χ2v) is 13.8. The molecule has 0 bridgehead atoms. The van der Waals surface area contributed by atoms with E-state index in [9.17, 15) is 0 Å². The Hall–Kier alpha value is -7.10. The van der Waals surface area contributed by atoms with Crippen LogP contribution in [-0.4, -0.2) is 9.13 Å². The largest absolute Gasteiger partial charge is 0.310 e. The lowest BCUT2D eigenvalue weighted by atomic mass is 10.0. The molecule has 53 heavy (non-hydrogen) atoms. The molecule has 2 heterocycles. The van der Waals surface area contributed by atoms with E-state index in [4.69, 9.17) is 0 Å². The number of aromatic nitrogens is 2. The molecule has 9 aromatic carbocycles. The number of para-hydroxylation sites is 3. The van der Waals surface area contributed by atoms with Gasteiger partial charge in [-0.1, -0.05) is 121 Å². The normalized spacial score (nSPS) is 11.8.